The van der Waals surface area contributed by atoms with Gasteiger partial charge in [-0.1, -0.05) is 0 Å². The second-order valence-electron chi connectivity index (χ2n) is 4.35. The first-order valence-corrected chi connectivity index (χ1v) is 7.22. The van der Waals surface area contributed by atoms with Gasteiger partial charge in [-0.15, -0.1) is 0 Å². The normalized spacial score (nSPS) is 23.3. The first kappa shape index (κ1) is 16.9. The molecule has 0 bridgehead atoms. The van der Waals surface area contributed by atoms with E-state index in [4.69, 9.17) is 4.74 Å². The maximum absolute atomic E-state index is 10.7. The molecule has 0 atom stereocenters. The van der Waals surface area contributed by atoms with Crippen molar-refractivity contribution in [3.8, 4) is 0 Å². The molecule has 9 heteroatoms. The summed E-state index contributed by atoms with van der Waals surface area (Å²) in [7, 11) is -8.38. The zero-order chi connectivity index (χ0) is 13.9. The Morgan fingerprint density at radius 3 is 1.65 bits per heavy atom. The summed E-state index contributed by atoms with van der Waals surface area (Å²) in [6.45, 7) is 6.44. The quantitative estimate of drug-likeness (QED) is 0.419. The Hall–Kier alpha value is -0.0700. The van der Waals surface area contributed by atoms with Crippen molar-refractivity contribution >= 4 is 7.81 Å². The van der Waals surface area contributed by atoms with Gasteiger partial charge >= 0.3 is 33.0 Å². The SMILES string of the molecule is CCOC[N+]1(C)CCCC1.F[P-](F)(F)(F)(F)F. The van der Waals surface area contributed by atoms with E-state index in [2.05, 4.69) is 14.0 Å². The molecule has 1 aliphatic heterocycles. The van der Waals surface area contributed by atoms with Crippen LogP contribution in [0.1, 0.15) is 19.8 Å². The molecule has 1 heterocycles. The summed E-state index contributed by atoms with van der Waals surface area (Å²) >= 11 is 0. The molecule has 1 saturated heterocycles. The van der Waals surface area contributed by atoms with Crippen LogP contribution in [0.2, 0.25) is 0 Å². The second kappa shape index (κ2) is 4.55. The molecule has 0 amide bonds. The van der Waals surface area contributed by atoms with Crippen molar-refractivity contribution in [1.29, 1.82) is 0 Å². The molecule has 0 unspecified atom stereocenters. The molecule has 0 spiro atoms. The molecule has 1 fully saturated rings. The van der Waals surface area contributed by atoms with Crippen molar-refractivity contribution in [3.05, 3.63) is 0 Å². The summed E-state index contributed by atoms with van der Waals surface area (Å²) in [6, 6.07) is 0. The van der Waals surface area contributed by atoms with Crippen molar-refractivity contribution in [2.75, 3.05) is 33.5 Å². The third-order valence-corrected chi connectivity index (χ3v) is 2.25. The van der Waals surface area contributed by atoms with E-state index in [-0.39, 0.29) is 0 Å². The molecule has 0 aliphatic carbocycles. The van der Waals surface area contributed by atoms with Crippen LogP contribution < -0.4 is 0 Å². The van der Waals surface area contributed by atoms with Crippen molar-refractivity contribution in [2.45, 2.75) is 19.8 Å². The molecule has 1 rings (SSSR count). The molecular weight excluding hydrogens is 271 g/mol. The Morgan fingerprint density at radius 2 is 1.35 bits per heavy atom. The van der Waals surface area contributed by atoms with Crippen LogP contribution in [-0.2, 0) is 4.74 Å². The fraction of sp³-hybridized carbons (Fsp3) is 1.00. The zero-order valence-corrected chi connectivity index (χ0v) is 10.7. The molecule has 108 valence electrons. The number of quaternary nitrogens is 1. The standard InChI is InChI=1S/C8H18NO.F6P/c1-3-10-8-9(2)6-4-5-7-9;1-7(2,3,4,5)6/h3-8H2,1-2H3;/q+1;-1. The van der Waals surface area contributed by atoms with Gasteiger partial charge in [0.2, 0.25) is 0 Å². The van der Waals surface area contributed by atoms with Gasteiger partial charge in [-0.05, 0) is 6.92 Å². The number of hydrogen-bond acceptors (Lipinski definition) is 1. The number of ether oxygens (including phenoxy) is 1. The average Bonchev–Trinajstić information content (AvgIpc) is 2.44. The molecule has 0 aromatic carbocycles. The Bertz CT molecular complexity index is 233. The van der Waals surface area contributed by atoms with Gasteiger partial charge in [0.25, 0.3) is 0 Å². The number of nitrogens with zero attached hydrogens (tertiary/aromatic N) is 1. The number of rotatable bonds is 3. The number of hydrogen-bond donors (Lipinski definition) is 0. The first-order chi connectivity index (χ1) is 7.22. The van der Waals surface area contributed by atoms with Gasteiger partial charge in [-0.2, -0.15) is 0 Å². The van der Waals surface area contributed by atoms with Gasteiger partial charge in [-0.25, -0.2) is 0 Å². The third-order valence-electron chi connectivity index (χ3n) is 2.25. The molecular formula is C8H18F6NOP. The Kier molecular flexibility index (Phi) is 4.53. The summed E-state index contributed by atoms with van der Waals surface area (Å²) in [6.07, 6.45) is 2.76. The van der Waals surface area contributed by atoms with Crippen LogP contribution in [0.25, 0.3) is 0 Å². The van der Waals surface area contributed by atoms with E-state index in [0.29, 0.717) is 0 Å². The van der Waals surface area contributed by atoms with Gasteiger partial charge in [-0.3, -0.25) is 0 Å². The van der Waals surface area contributed by atoms with Crippen LogP contribution >= 0.6 is 7.81 Å². The topological polar surface area (TPSA) is 9.23 Å². The Morgan fingerprint density at radius 1 is 1.00 bits per heavy atom. The molecule has 0 radical (unpaired) electrons. The monoisotopic (exact) mass is 289 g/mol. The van der Waals surface area contributed by atoms with Gasteiger partial charge in [0.15, 0.2) is 6.73 Å². The van der Waals surface area contributed by atoms with Crippen molar-refractivity contribution in [2.24, 2.45) is 0 Å². The molecule has 17 heavy (non-hydrogen) atoms. The predicted octanol–water partition coefficient (Wildman–Crippen LogP) is 4.60. The number of likely N-dealkylation sites (tertiary alicyclic amines) is 1. The van der Waals surface area contributed by atoms with Gasteiger partial charge in [0, 0.05) is 19.4 Å². The molecule has 0 aromatic rings. The van der Waals surface area contributed by atoms with Crippen molar-refractivity contribution < 1.29 is 34.4 Å². The summed E-state index contributed by atoms with van der Waals surface area (Å²) in [5.41, 5.74) is 0. The van der Waals surface area contributed by atoms with E-state index >= 15 is 0 Å². The zero-order valence-electron chi connectivity index (χ0n) is 9.81. The summed E-state index contributed by atoms with van der Waals surface area (Å²) in [5.74, 6) is 0. The fourth-order valence-electron chi connectivity index (χ4n) is 1.54. The van der Waals surface area contributed by atoms with E-state index in [1.54, 1.807) is 0 Å². The molecule has 0 saturated carbocycles. The first-order valence-electron chi connectivity index (χ1n) is 5.19. The molecule has 0 N–H and O–H groups in total. The van der Waals surface area contributed by atoms with E-state index in [1.807, 2.05) is 0 Å². The number of halogens is 6. The van der Waals surface area contributed by atoms with Crippen molar-refractivity contribution in [3.63, 3.8) is 0 Å². The van der Waals surface area contributed by atoms with Crippen LogP contribution in [0.4, 0.5) is 25.2 Å². The summed E-state index contributed by atoms with van der Waals surface area (Å²) < 4.78 is 65.7. The van der Waals surface area contributed by atoms with E-state index in [1.165, 1.54) is 25.9 Å². The molecule has 1 aliphatic rings. The van der Waals surface area contributed by atoms with E-state index < -0.39 is 7.81 Å². The average molecular weight is 289 g/mol. The summed E-state index contributed by atoms with van der Waals surface area (Å²) in [4.78, 5) is 0. The summed E-state index contributed by atoms with van der Waals surface area (Å²) in [5, 5.41) is 0. The minimum absolute atomic E-state index is 0.855. The minimum atomic E-state index is -10.7. The van der Waals surface area contributed by atoms with Crippen LogP contribution in [0.15, 0.2) is 0 Å². The van der Waals surface area contributed by atoms with E-state index in [0.717, 1.165) is 17.8 Å². The Labute approximate surface area is 96.4 Å². The van der Waals surface area contributed by atoms with Crippen LogP contribution in [0.5, 0.6) is 0 Å². The fourth-order valence-corrected chi connectivity index (χ4v) is 1.54. The second-order valence-corrected chi connectivity index (χ2v) is 6.27. The van der Waals surface area contributed by atoms with Crippen molar-refractivity contribution in [1.82, 2.24) is 0 Å². The van der Waals surface area contributed by atoms with E-state index in [9.17, 15) is 25.2 Å². The Balaban J connectivity index is 0.000000325. The third kappa shape index (κ3) is 15.9. The van der Waals surface area contributed by atoms with Crippen LogP contribution in [-0.4, -0.2) is 38.0 Å². The molecule has 0 aromatic heterocycles. The molecule has 2 nitrogen and oxygen atoms in total. The maximum atomic E-state index is 9.87. The van der Waals surface area contributed by atoms with Gasteiger partial charge in [0.1, 0.15) is 0 Å². The predicted molar refractivity (Wildman–Crippen MR) is 55.2 cm³/mol. The van der Waals surface area contributed by atoms with Gasteiger partial charge in [0.05, 0.1) is 20.1 Å². The van der Waals surface area contributed by atoms with Gasteiger partial charge < -0.3 is 9.22 Å². The van der Waals surface area contributed by atoms with Crippen LogP contribution in [0, 0.1) is 0 Å². The van der Waals surface area contributed by atoms with Crippen LogP contribution in [0.3, 0.4) is 0 Å².